The second-order valence-electron chi connectivity index (χ2n) is 4.04. The van der Waals surface area contributed by atoms with Gasteiger partial charge in [0.2, 0.25) is 0 Å². The highest BCUT2D eigenvalue weighted by Gasteiger charge is 2.22. The zero-order valence-electron chi connectivity index (χ0n) is 9.54. The van der Waals surface area contributed by atoms with Gasteiger partial charge in [0.05, 0.1) is 19.8 Å². The number of nitrogens with zero attached hydrogens (tertiary/aromatic N) is 1. The summed E-state index contributed by atoms with van der Waals surface area (Å²) in [7, 11) is 1.71. The van der Waals surface area contributed by atoms with E-state index in [9.17, 15) is 0 Å². The third kappa shape index (κ3) is 2.29. The standard InChI is InChI=1S/C12H17NO2/c1-8-6-13-11(5-4-10-7-15-10)9(2)12(8)14-3/h6,10H,4-5,7H2,1-3H3. The Bertz CT molecular complexity index is 359. The molecule has 1 aliphatic rings. The van der Waals surface area contributed by atoms with E-state index >= 15 is 0 Å². The lowest BCUT2D eigenvalue weighted by Crippen LogP contribution is -2.01. The second-order valence-corrected chi connectivity index (χ2v) is 4.04. The maximum absolute atomic E-state index is 5.37. The van der Waals surface area contributed by atoms with Crippen LogP contribution in [0.5, 0.6) is 5.75 Å². The predicted octanol–water partition coefficient (Wildman–Crippen LogP) is 2.04. The molecular formula is C12H17NO2. The molecular weight excluding hydrogens is 190 g/mol. The second kappa shape index (κ2) is 4.19. The molecule has 1 aromatic heterocycles. The normalized spacial score (nSPS) is 19.0. The van der Waals surface area contributed by atoms with Gasteiger partial charge >= 0.3 is 0 Å². The highest BCUT2D eigenvalue weighted by Crippen LogP contribution is 2.26. The topological polar surface area (TPSA) is 34.6 Å². The van der Waals surface area contributed by atoms with Crippen molar-refractivity contribution in [1.29, 1.82) is 0 Å². The van der Waals surface area contributed by atoms with E-state index in [1.165, 1.54) is 0 Å². The fraction of sp³-hybridized carbons (Fsp3) is 0.583. The van der Waals surface area contributed by atoms with Crippen molar-refractivity contribution in [3.63, 3.8) is 0 Å². The highest BCUT2D eigenvalue weighted by molar-refractivity contribution is 5.41. The van der Waals surface area contributed by atoms with Crippen molar-refractivity contribution >= 4 is 0 Å². The van der Waals surface area contributed by atoms with Crippen molar-refractivity contribution in [2.45, 2.75) is 32.8 Å². The van der Waals surface area contributed by atoms with Gasteiger partial charge in [-0.3, -0.25) is 4.98 Å². The van der Waals surface area contributed by atoms with Crippen LogP contribution in [0, 0.1) is 13.8 Å². The SMILES string of the molecule is COc1c(C)cnc(CCC2CO2)c1C. The molecule has 2 rings (SSSR count). The molecule has 0 saturated carbocycles. The molecule has 1 aromatic rings. The van der Waals surface area contributed by atoms with Crippen molar-refractivity contribution < 1.29 is 9.47 Å². The molecule has 1 atom stereocenters. The summed E-state index contributed by atoms with van der Waals surface area (Å²) in [6.07, 6.45) is 4.40. The van der Waals surface area contributed by atoms with Crippen LogP contribution < -0.4 is 4.74 Å². The molecule has 3 heteroatoms. The van der Waals surface area contributed by atoms with E-state index < -0.39 is 0 Å². The van der Waals surface area contributed by atoms with Crippen LogP contribution in [0.3, 0.4) is 0 Å². The van der Waals surface area contributed by atoms with Crippen LogP contribution in [0.4, 0.5) is 0 Å². The Morgan fingerprint density at radius 2 is 2.27 bits per heavy atom. The molecule has 0 radical (unpaired) electrons. The van der Waals surface area contributed by atoms with Crippen LogP contribution in [-0.4, -0.2) is 24.8 Å². The molecule has 1 unspecified atom stereocenters. The third-order valence-electron chi connectivity index (χ3n) is 2.86. The third-order valence-corrected chi connectivity index (χ3v) is 2.86. The maximum Gasteiger partial charge on any atom is 0.128 e. The van der Waals surface area contributed by atoms with Gasteiger partial charge in [0.1, 0.15) is 5.75 Å². The largest absolute Gasteiger partial charge is 0.496 e. The number of methoxy groups -OCH3 is 1. The number of hydrogen-bond acceptors (Lipinski definition) is 3. The molecule has 0 N–H and O–H groups in total. The minimum Gasteiger partial charge on any atom is -0.496 e. The minimum absolute atomic E-state index is 0.471. The number of rotatable bonds is 4. The van der Waals surface area contributed by atoms with Crippen LogP contribution in [0.2, 0.25) is 0 Å². The summed E-state index contributed by atoms with van der Waals surface area (Å²) >= 11 is 0. The van der Waals surface area contributed by atoms with Crippen LogP contribution in [0.1, 0.15) is 23.2 Å². The first-order chi connectivity index (χ1) is 7.22. The molecule has 3 nitrogen and oxygen atoms in total. The van der Waals surface area contributed by atoms with Gasteiger partial charge in [0, 0.05) is 23.0 Å². The zero-order chi connectivity index (χ0) is 10.8. The number of ether oxygens (including phenoxy) is 2. The molecule has 0 bridgehead atoms. The Morgan fingerprint density at radius 3 is 2.87 bits per heavy atom. The number of aryl methyl sites for hydroxylation is 2. The summed E-state index contributed by atoms with van der Waals surface area (Å²) in [5.41, 5.74) is 3.40. The Balaban J connectivity index is 2.15. The summed E-state index contributed by atoms with van der Waals surface area (Å²) < 4.78 is 10.6. The Hall–Kier alpha value is -1.09. The maximum atomic E-state index is 5.37. The molecule has 1 aliphatic heterocycles. The van der Waals surface area contributed by atoms with Crippen LogP contribution in [0.15, 0.2) is 6.20 Å². The van der Waals surface area contributed by atoms with Crippen molar-refractivity contribution in [2.24, 2.45) is 0 Å². The first-order valence-corrected chi connectivity index (χ1v) is 5.33. The van der Waals surface area contributed by atoms with E-state index in [1.54, 1.807) is 7.11 Å². The van der Waals surface area contributed by atoms with E-state index in [-0.39, 0.29) is 0 Å². The van der Waals surface area contributed by atoms with E-state index in [0.29, 0.717) is 6.10 Å². The van der Waals surface area contributed by atoms with E-state index in [2.05, 4.69) is 11.9 Å². The van der Waals surface area contributed by atoms with Gasteiger partial charge in [-0.2, -0.15) is 0 Å². The summed E-state index contributed by atoms with van der Waals surface area (Å²) in [4.78, 5) is 4.45. The van der Waals surface area contributed by atoms with Crippen molar-refractivity contribution in [3.8, 4) is 5.75 Å². The summed E-state index contributed by atoms with van der Waals surface area (Å²) in [6, 6.07) is 0. The molecule has 0 spiro atoms. The van der Waals surface area contributed by atoms with Gasteiger partial charge in [-0.15, -0.1) is 0 Å². The quantitative estimate of drug-likeness (QED) is 0.709. The summed E-state index contributed by atoms with van der Waals surface area (Å²) in [6.45, 7) is 5.01. The molecule has 1 saturated heterocycles. The monoisotopic (exact) mass is 207 g/mol. The van der Waals surface area contributed by atoms with Crippen LogP contribution >= 0.6 is 0 Å². The predicted molar refractivity (Wildman–Crippen MR) is 58.3 cm³/mol. The number of hydrogen-bond donors (Lipinski definition) is 0. The van der Waals surface area contributed by atoms with Crippen molar-refractivity contribution in [3.05, 3.63) is 23.0 Å². The molecule has 1 fully saturated rings. The highest BCUT2D eigenvalue weighted by atomic mass is 16.6. The number of pyridine rings is 1. The van der Waals surface area contributed by atoms with Gasteiger partial charge in [-0.25, -0.2) is 0 Å². The van der Waals surface area contributed by atoms with Crippen molar-refractivity contribution in [1.82, 2.24) is 4.98 Å². The molecule has 0 aromatic carbocycles. The lowest BCUT2D eigenvalue weighted by Gasteiger charge is -2.11. The fourth-order valence-corrected chi connectivity index (χ4v) is 1.86. The summed E-state index contributed by atoms with van der Waals surface area (Å²) in [5.74, 6) is 0.969. The Kier molecular flexibility index (Phi) is 2.91. The Labute approximate surface area is 90.4 Å². The fourth-order valence-electron chi connectivity index (χ4n) is 1.86. The van der Waals surface area contributed by atoms with E-state index in [1.807, 2.05) is 13.1 Å². The lowest BCUT2D eigenvalue weighted by molar-refractivity contribution is 0.393. The number of epoxide rings is 1. The van der Waals surface area contributed by atoms with Gasteiger partial charge < -0.3 is 9.47 Å². The number of aromatic nitrogens is 1. The minimum atomic E-state index is 0.471. The zero-order valence-corrected chi connectivity index (χ0v) is 9.54. The molecule has 0 amide bonds. The van der Waals surface area contributed by atoms with Crippen LogP contribution in [0.25, 0.3) is 0 Å². The van der Waals surface area contributed by atoms with Gasteiger partial charge in [-0.05, 0) is 26.7 Å². The summed E-state index contributed by atoms with van der Waals surface area (Å²) in [5, 5.41) is 0. The molecule has 15 heavy (non-hydrogen) atoms. The lowest BCUT2D eigenvalue weighted by atomic mass is 10.1. The van der Waals surface area contributed by atoms with E-state index in [4.69, 9.17) is 9.47 Å². The molecule has 82 valence electrons. The van der Waals surface area contributed by atoms with Gasteiger partial charge in [-0.1, -0.05) is 0 Å². The van der Waals surface area contributed by atoms with Gasteiger partial charge in [0.15, 0.2) is 0 Å². The molecule has 0 aliphatic carbocycles. The van der Waals surface area contributed by atoms with Gasteiger partial charge in [0.25, 0.3) is 0 Å². The van der Waals surface area contributed by atoms with Crippen molar-refractivity contribution in [2.75, 3.05) is 13.7 Å². The average Bonchev–Trinajstić information content (AvgIpc) is 3.01. The molecule has 2 heterocycles. The average molecular weight is 207 g/mol. The van der Waals surface area contributed by atoms with Crippen LogP contribution in [-0.2, 0) is 11.2 Å². The van der Waals surface area contributed by atoms with E-state index in [0.717, 1.165) is 42.0 Å². The Morgan fingerprint density at radius 1 is 1.53 bits per heavy atom. The smallest absolute Gasteiger partial charge is 0.128 e. The first kappa shape index (κ1) is 10.4. The first-order valence-electron chi connectivity index (χ1n) is 5.33.